The molecule has 4 rings (SSSR count). The molecule has 0 radical (unpaired) electrons. The maximum absolute atomic E-state index is 5.37. The van der Waals surface area contributed by atoms with E-state index in [0.717, 1.165) is 28.4 Å². The molecule has 0 bridgehead atoms. The second kappa shape index (κ2) is 5.65. The third-order valence-electron chi connectivity index (χ3n) is 3.97. The van der Waals surface area contributed by atoms with Crippen LogP contribution in [0.3, 0.4) is 0 Å². The van der Waals surface area contributed by atoms with Crippen molar-refractivity contribution in [1.82, 2.24) is 14.5 Å². The monoisotopic (exact) mass is 311 g/mol. The van der Waals surface area contributed by atoms with Crippen molar-refractivity contribution in [2.75, 3.05) is 12.9 Å². The zero-order chi connectivity index (χ0) is 14.9. The van der Waals surface area contributed by atoms with E-state index in [9.17, 15) is 0 Å². The van der Waals surface area contributed by atoms with Crippen LogP contribution < -0.4 is 4.74 Å². The fourth-order valence-electron chi connectivity index (χ4n) is 2.93. The van der Waals surface area contributed by atoms with Crippen molar-refractivity contribution >= 4 is 22.9 Å². The fraction of sp³-hybridized carbons (Fsp3) is 0.294. The van der Waals surface area contributed by atoms with Crippen molar-refractivity contribution < 1.29 is 4.74 Å². The standard InChI is InChI=1S/C17H17N3OS/c1-21-13-6-2-5-12(11-13)20-16-14(7-3-9-18-16)19-17(20)15-8-4-10-22-15/h2-3,5-7,9,11,15H,4,8,10H2,1H3. The van der Waals surface area contributed by atoms with Gasteiger partial charge in [0, 0.05) is 12.3 Å². The maximum Gasteiger partial charge on any atom is 0.164 e. The van der Waals surface area contributed by atoms with Crippen LogP contribution in [0.25, 0.3) is 16.9 Å². The molecule has 2 aromatic heterocycles. The molecule has 0 spiro atoms. The Labute approximate surface area is 133 Å². The number of ether oxygens (including phenoxy) is 1. The van der Waals surface area contributed by atoms with Crippen molar-refractivity contribution in [3.8, 4) is 11.4 Å². The normalized spacial score (nSPS) is 18.0. The number of nitrogens with zero attached hydrogens (tertiary/aromatic N) is 3. The molecule has 3 aromatic rings. The van der Waals surface area contributed by atoms with E-state index in [1.807, 2.05) is 48.3 Å². The number of thioether (sulfide) groups is 1. The van der Waals surface area contributed by atoms with Gasteiger partial charge in [-0.1, -0.05) is 6.07 Å². The highest BCUT2D eigenvalue weighted by atomic mass is 32.2. The molecule has 0 saturated carbocycles. The van der Waals surface area contributed by atoms with E-state index in [0.29, 0.717) is 5.25 Å². The molecule has 3 heterocycles. The van der Waals surface area contributed by atoms with E-state index in [2.05, 4.69) is 15.6 Å². The van der Waals surface area contributed by atoms with Gasteiger partial charge < -0.3 is 4.74 Å². The highest BCUT2D eigenvalue weighted by molar-refractivity contribution is 7.99. The Hall–Kier alpha value is -2.01. The smallest absolute Gasteiger partial charge is 0.164 e. The van der Waals surface area contributed by atoms with Crippen molar-refractivity contribution in [2.24, 2.45) is 0 Å². The van der Waals surface area contributed by atoms with Gasteiger partial charge in [-0.2, -0.15) is 11.8 Å². The number of rotatable bonds is 3. The van der Waals surface area contributed by atoms with E-state index in [-0.39, 0.29) is 0 Å². The topological polar surface area (TPSA) is 39.9 Å². The van der Waals surface area contributed by atoms with Crippen LogP contribution in [-0.2, 0) is 0 Å². The molecule has 1 saturated heterocycles. The van der Waals surface area contributed by atoms with Crippen molar-refractivity contribution in [3.63, 3.8) is 0 Å². The summed E-state index contributed by atoms with van der Waals surface area (Å²) in [5.41, 5.74) is 2.93. The van der Waals surface area contributed by atoms with Crippen LogP contribution in [0.2, 0.25) is 0 Å². The molecule has 4 nitrogen and oxygen atoms in total. The van der Waals surface area contributed by atoms with Crippen LogP contribution in [0, 0.1) is 0 Å². The number of hydrogen-bond acceptors (Lipinski definition) is 4. The molecule has 1 unspecified atom stereocenters. The average Bonchev–Trinajstić information content (AvgIpc) is 3.22. The van der Waals surface area contributed by atoms with E-state index in [4.69, 9.17) is 9.72 Å². The first-order valence-electron chi connectivity index (χ1n) is 7.46. The lowest BCUT2D eigenvalue weighted by Crippen LogP contribution is -2.04. The van der Waals surface area contributed by atoms with Gasteiger partial charge in [0.25, 0.3) is 0 Å². The lowest BCUT2D eigenvalue weighted by Gasteiger charge is -2.13. The molecule has 0 amide bonds. The summed E-state index contributed by atoms with van der Waals surface area (Å²) in [6, 6.07) is 12.1. The minimum atomic E-state index is 0.445. The number of hydrogen-bond donors (Lipinski definition) is 0. The second-order valence-corrected chi connectivity index (χ2v) is 6.67. The van der Waals surface area contributed by atoms with Crippen molar-refractivity contribution in [3.05, 3.63) is 48.4 Å². The summed E-state index contributed by atoms with van der Waals surface area (Å²) in [6.45, 7) is 0. The molecule has 1 aliphatic rings. The molecule has 112 valence electrons. The van der Waals surface area contributed by atoms with E-state index in [1.54, 1.807) is 7.11 Å². The Bertz CT molecular complexity index is 809. The van der Waals surface area contributed by atoms with Gasteiger partial charge in [0.05, 0.1) is 18.0 Å². The molecule has 1 fully saturated rings. The summed E-state index contributed by atoms with van der Waals surface area (Å²) in [5, 5.41) is 0.445. The number of aromatic nitrogens is 3. The Balaban J connectivity index is 1.95. The highest BCUT2D eigenvalue weighted by Crippen LogP contribution is 2.41. The second-order valence-electron chi connectivity index (χ2n) is 5.35. The SMILES string of the molecule is COc1cccc(-n2c(C3CCCS3)nc3cccnc32)c1. The summed E-state index contributed by atoms with van der Waals surface area (Å²) in [5.74, 6) is 3.16. The van der Waals surface area contributed by atoms with Gasteiger partial charge in [0.15, 0.2) is 5.65 Å². The summed E-state index contributed by atoms with van der Waals surface area (Å²) in [6.07, 6.45) is 4.26. The van der Waals surface area contributed by atoms with Crippen molar-refractivity contribution in [2.45, 2.75) is 18.1 Å². The third kappa shape index (κ3) is 2.25. The van der Waals surface area contributed by atoms with Crippen LogP contribution in [-0.4, -0.2) is 27.4 Å². The zero-order valence-electron chi connectivity index (χ0n) is 12.4. The maximum atomic E-state index is 5.37. The first-order valence-corrected chi connectivity index (χ1v) is 8.51. The lowest BCUT2D eigenvalue weighted by atomic mass is 10.2. The Kier molecular flexibility index (Phi) is 3.50. The molecule has 5 heteroatoms. The van der Waals surface area contributed by atoms with Gasteiger partial charge >= 0.3 is 0 Å². The summed E-state index contributed by atoms with van der Waals surface area (Å²) in [7, 11) is 1.69. The quantitative estimate of drug-likeness (QED) is 0.733. The number of methoxy groups -OCH3 is 1. The Morgan fingerprint density at radius 3 is 3.05 bits per heavy atom. The molecule has 22 heavy (non-hydrogen) atoms. The molecule has 1 atom stereocenters. The van der Waals surface area contributed by atoms with Gasteiger partial charge in [0.1, 0.15) is 17.1 Å². The fourth-order valence-corrected chi connectivity index (χ4v) is 4.19. The first kappa shape index (κ1) is 13.6. The van der Waals surface area contributed by atoms with E-state index >= 15 is 0 Å². The van der Waals surface area contributed by atoms with Crippen molar-refractivity contribution in [1.29, 1.82) is 0 Å². The van der Waals surface area contributed by atoms with Gasteiger partial charge in [-0.15, -0.1) is 0 Å². The number of benzene rings is 1. The van der Waals surface area contributed by atoms with Gasteiger partial charge in [-0.05, 0) is 42.9 Å². The molecule has 0 aliphatic carbocycles. The Morgan fingerprint density at radius 1 is 1.27 bits per heavy atom. The number of imidazole rings is 1. The summed E-state index contributed by atoms with van der Waals surface area (Å²) in [4.78, 5) is 9.42. The van der Waals surface area contributed by atoms with Crippen LogP contribution >= 0.6 is 11.8 Å². The minimum Gasteiger partial charge on any atom is -0.497 e. The average molecular weight is 311 g/mol. The lowest BCUT2D eigenvalue weighted by molar-refractivity contribution is 0.414. The minimum absolute atomic E-state index is 0.445. The summed E-state index contributed by atoms with van der Waals surface area (Å²) >= 11 is 1.99. The molecule has 1 aromatic carbocycles. The molecule has 1 aliphatic heterocycles. The molecular formula is C17H17N3OS. The first-order chi connectivity index (χ1) is 10.9. The van der Waals surface area contributed by atoms with E-state index in [1.165, 1.54) is 18.6 Å². The molecule has 0 N–H and O–H groups in total. The Morgan fingerprint density at radius 2 is 2.23 bits per heavy atom. The van der Waals surface area contributed by atoms with Crippen LogP contribution in [0.15, 0.2) is 42.6 Å². The summed E-state index contributed by atoms with van der Waals surface area (Å²) < 4.78 is 7.55. The zero-order valence-corrected chi connectivity index (χ0v) is 13.2. The van der Waals surface area contributed by atoms with Crippen LogP contribution in [0.5, 0.6) is 5.75 Å². The largest absolute Gasteiger partial charge is 0.497 e. The third-order valence-corrected chi connectivity index (χ3v) is 5.34. The highest BCUT2D eigenvalue weighted by Gasteiger charge is 2.25. The van der Waals surface area contributed by atoms with Gasteiger partial charge in [-0.3, -0.25) is 4.57 Å². The van der Waals surface area contributed by atoms with Crippen LogP contribution in [0.4, 0.5) is 0 Å². The number of fused-ring (bicyclic) bond motifs is 1. The number of pyridine rings is 1. The van der Waals surface area contributed by atoms with Crippen LogP contribution in [0.1, 0.15) is 23.9 Å². The van der Waals surface area contributed by atoms with Gasteiger partial charge in [0.2, 0.25) is 0 Å². The van der Waals surface area contributed by atoms with E-state index < -0.39 is 0 Å². The molecular weight excluding hydrogens is 294 g/mol. The van der Waals surface area contributed by atoms with Gasteiger partial charge in [-0.25, -0.2) is 9.97 Å². The predicted molar refractivity (Wildman–Crippen MR) is 89.9 cm³/mol. The predicted octanol–water partition coefficient (Wildman–Crippen LogP) is 4.00.